The molecule has 1 saturated heterocycles. The Morgan fingerprint density at radius 1 is 1.50 bits per heavy atom. The van der Waals surface area contributed by atoms with E-state index in [0.717, 1.165) is 13.0 Å². The van der Waals surface area contributed by atoms with Crippen molar-refractivity contribution in [1.29, 1.82) is 0 Å². The molecule has 0 aromatic carbocycles. The molecule has 0 bridgehead atoms. The molecule has 0 spiro atoms. The highest BCUT2D eigenvalue weighted by molar-refractivity contribution is 4.94. The fourth-order valence-electron chi connectivity index (χ4n) is 2.84. The van der Waals surface area contributed by atoms with Crippen molar-refractivity contribution in [3.05, 3.63) is 0 Å². The van der Waals surface area contributed by atoms with Crippen molar-refractivity contribution in [2.45, 2.75) is 64.6 Å². The zero-order chi connectivity index (χ0) is 12.0. The van der Waals surface area contributed by atoms with Gasteiger partial charge in [-0.3, -0.25) is 4.90 Å². The van der Waals surface area contributed by atoms with Gasteiger partial charge in [-0.15, -0.1) is 12.3 Å². The van der Waals surface area contributed by atoms with E-state index in [1.54, 1.807) is 0 Å². The number of nitrogens with zero attached hydrogens (tertiary/aromatic N) is 1. The molecular weight excluding hydrogens is 196 g/mol. The Hall–Kier alpha value is -0.520. The van der Waals surface area contributed by atoms with Gasteiger partial charge in [0.1, 0.15) is 0 Å². The second-order valence-corrected chi connectivity index (χ2v) is 4.84. The highest BCUT2D eigenvalue weighted by Crippen LogP contribution is 2.22. The predicted octanol–water partition coefficient (Wildman–Crippen LogP) is 2.25. The highest BCUT2D eigenvalue weighted by atomic mass is 15.2. The van der Waals surface area contributed by atoms with E-state index in [2.05, 4.69) is 36.9 Å². The number of likely N-dealkylation sites (tertiary alicyclic amines) is 1. The molecule has 1 aliphatic rings. The Labute approximate surface area is 101 Å². The van der Waals surface area contributed by atoms with Crippen LogP contribution in [-0.4, -0.2) is 36.1 Å². The summed E-state index contributed by atoms with van der Waals surface area (Å²) in [5, 5.41) is 3.56. The molecule has 3 atom stereocenters. The van der Waals surface area contributed by atoms with Crippen molar-refractivity contribution in [1.82, 2.24) is 10.2 Å². The molecule has 2 nitrogen and oxygen atoms in total. The van der Waals surface area contributed by atoms with Gasteiger partial charge in [-0.25, -0.2) is 0 Å². The summed E-state index contributed by atoms with van der Waals surface area (Å²) >= 11 is 0. The fourth-order valence-corrected chi connectivity index (χ4v) is 2.84. The summed E-state index contributed by atoms with van der Waals surface area (Å²) in [6, 6.07) is 1.96. The molecule has 3 unspecified atom stereocenters. The molecule has 1 rings (SSSR count). The van der Waals surface area contributed by atoms with Crippen LogP contribution in [0.3, 0.4) is 0 Å². The first-order chi connectivity index (χ1) is 7.72. The summed E-state index contributed by atoms with van der Waals surface area (Å²) in [5.41, 5.74) is 0. The highest BCUT2D eigenvalue weighted by Gasteiger charge is 2.28. The second kappa shape index (κ2) is 6.93. The maximum Gasteiger partial charge on any atom is 0.0242 e. The summed E-state index contributed by atoms with van der Waals surface area (Å²) in [5.74, 6) is 2.82. The van der Waals surface area contributed by atoms with Crippen LogP contribution in [0.2, 0.25) is 0 Å². The van der Waals surface area contributed by atoms with Crippen molar-refractivity contribution in [3.8, 4) is 12.3 Å². The Balaban J connectivity index is 2.48. The first-order valence-electron chi connectivity index (χ1n) is 6.65. The van der Waals surface area contributed by atoms with Crippen molar-refractivity contribution < 1.29 is 0 Å². The van der Waals surface area contributed by atoms with Gasteiger partial charge >= 0.3 is 0 Å². The van der Waals surface area contributed by atoms with Gasteiger partial charge in [-0.05, 0) is 32.7 Å². The standard InChI is InChI=1S/C14H26N2/c1-5-8-14(6-2)16-10-9-13(15-7-3)11-12(16)4/h1,12-15H,6-11H2,2-4H3. The van der Waals surface area contributed by atoms with Crippen molar-refractivity contribution >= 4 is 0 Å². The van der Waals surface area contributed by atoms with Gasteiger partial charge < -0.3 is 5.32 Å². The quantitative estimate of drug-likeness (QED) is 0.718. The number of rotatable bonds is 5. The lowest BCUT2D eigenvalue weighted by atomic mass is 9.95. The minimum absolute atomic E-state index is 0.586. The van der Waals surface area contributed by atoms with E-state index in [1.165, 1.54) is 25.8 Å². The monoisotopic (exact) mass is 222 g/mol. The van der Waals surface area contributed by atoms with E-state index in [4.69, 9.17) is 6.42 Å². The average Bonchev–Trinajstić information content (AvgIpc) is 2.27. The van der Waals surface area contributed by atoms with E-state index in [-0.39, 0.29) is 0 Å². The largest absolute Gasteiger partial charge is 0.314 e. The lowest BCUT2D eigenvalue weighted by molar-refractivity contribution is 0.0877. The van der Waals surface area contributed by atoms with Gasteiger partial charge in [0.15, 0.2) is 0 Å². The number of nitrogens with one attached hydrogen (secondary N) is 1. The van der Waals surface area contributed by atoms with Crippen LogP contribution in [0.4, 0.5) is 0 Å². The van der Waals surface area contributed by atoms with Gasteiger partial charge in [0.25, 0.3) is 0 Å². The first-order valence-corrected chi connectivity index (χ1v) is 6.65. The molecule has 92 valence electrons. The van der Waals surface area contributed by atoms with Gasteiger partial charge in [-0.2, -0.15) is 0 Å². The van der Waals surface area contributed by atoms with Crippen LogP contribution in [0.5, 0.6) is 0 Å². The van der Waals surface area contributed by atoms with Crippen LogP contribution in [0.1, 0.15) is 46.5 Å². The maximum absolute atomic E-state index is 5.44. The number of hydrogen-bond acceptors (Lipinski definition) is 2. The number of piperidine rings is 1. The normalized spacial score (nSPS) is 28.6. The maximum atomic E-state index is 5.44. The minimum Gasteiger partial charge on any atom is -0.314 e. The molecule has 0 aliphatic carbocycles. The molecule has 2 heteroatoms. The van der Waals surface area contributed by atoms with Gasteiger partial charge in [-0.1, -0.05) is 13.8 Å². The Morgan fingerprint density at radius 2 is 2.25 bits per heavy atom. The molecule has 1 aliphatic heterocycles. The van der Waals surface area contributed by atoms with Gasteiger partial charge in [0.05, 0.1) is 0 Å². The summed E-state index contributed by atoms with van der Waals surface area (Å²) in [7, 11) is 0. The molecule has 1 N–H and O–H groups in total. The number of terminal acetylenes is 1. The number of hydrogen-bond donors (Lipinski definition) is 1. The third-order valence-corrected chi connectivity index (χ3v) is 3.71. The molecule has 16 heavy (non-hydrogen) atoms. The second-order valence-electron chi connectivity index (χ2n) is 4.84. The Morgan fingerprint density at radius 3 is 2.75 bits per heavy atom. The molecule has 0 aromatic rings. The van der Waals surface area contributed by atoms with E-state index < -0.39 is 0 Å². The third-order valence-electron chi connectivity index (χ3n) is 3.71. The fraction of sp³-hybridized carbons (Fsp3) is 0.857. The zero-order valence-electron chi connectivity index (χ0n) is 11.0. The van der Waals surface area contributed by atoms with Crippen molar-refractivity contribution in [2.75, 3.05) is 13.1 Å². The van der Waals surface area contributed by atoms with E-state index in [9.17, 15) is 0 Å². The van der Waals surface area contributed by atoms with Crippen molar-refractivity contribution in [2.24, 2.45) is 0 Å². The zero-order valence-corrected chi connectivity index (χ0v) is 11.0. The van der Waals surface area contributed by atoms with Crippen LogP contribution in [-0.2, 0) is 0 Å². The SMILES string of the molecule is C#CCC(CC)N1CCC(NCC)CC1C. The van der Waals surface area contributed by atoms with Crippen LogP contribution in [0.15, 0.2) is 0 Å². The molecule has 1 heterocycles. The van der Waals surface area contributed by atoms with Crippen molar-refractivity contribution in [3.63, 3.8) is 0 Å². The van der Waals surface area contributed by atoms with E-state index in [1.807, 2.05) is 0 Å². The van der Waals surface area contributed by atoms with Crippen LogP contribution < -0.4 is 5.32 Å². The molecule has 0 aromatic heterocycles. The Kier molecular flexibility index (Phi) is 5.87. The molecule has 1 fully saturated rings. The average molecular weight is 222 g/mol. The van der Waals surface area contributed by atoms with Gasteiger partial charge in [0, 0.05) is 31.1 Å². The van der Waals surface area contributed by atoms with E-state index in [0.29, 0.717) is 18.1 Å². The van der Waals surface area contributed by atoms with E-state index >= 15 is 0 Å². The summed E-state index contributed by atoms with van der Waals surface area (Å²) < 4.78 is 0. The molecule has 0 saturated carbocycles. The molecule has 0 amide bonds. The predicted molar refractivity (Wildman–Crippen MR) is 70.4 cm³/mol. The smallest absolute Gasteiger partial charge is 0.0242 e. The molecular formula is C14H26N2. The van der Waals surface area contributed by atoms with Crippen LogP contribution >= 0.6 is 0 Å². The third kappa shape index (κ3) is 3.50. The summed E-state index contributed by atoms with van der Waals surface area (Å²) in [4.78, 5) is 2.60. The molecule has 0 radical (unpaired) electrons. The lowest BCUT2D eigenvalue weighted by Gasteiger charge is -2.42. The Bertz CT molecular complexity index is 231. The van der Waals surface area contributed by atoms with Crippen LogP contribution in [0, 0.1) is 12.3 Å². The summed E-state index contributed by atoms with van der Waals surface area (Å²) in [6.45, 7) is 9.04. The topological polar surface area (TPSA) is 15.3 Å². The van der Waals surface area contributed by atoms with Crippen LogP contribution in [0.25, 0.3) is 0 Å². The first kappa shape index (κ1) is 13.5. The van der Waals surface area contributed by atoms with Gasteiger partial charge in [0.2, 0.25) is 0 Å². The lowest BCUT2D eigenvalue weighted by Crippen LogP contribution is -2.51. The minimum atomic E-state index is 0.586. The summed E-state index contributed by atoms with van der Waals surface area (Å²) in [6.07, 6.45) is 10.0.